The molecule has 4 nitrogen and oxygen atoms in total. The number of hydrogen-bond donors (Lipinski definition) is 1. The van der Waals surface area contributed by atoms with E-state index in [1.807, 2.05) is 0 Å². The Balaban J connectivity index is 1.46. The molecule has 1 fully saturated rings. The summed E-state index contributed by atoms with van der Waals surface area (Å²) in [6.45, 7) is 0.116. The Morgan fingerprint density at radius 2 is 1.67 bits per heavy atom. The van der Waals surface area contributed by atoms with Gasteiger partial charge in [0.2, 0.25) is 0 Å². The van der Waals surface area contributed by atoms with Crippen LogP contribution in [-0.4, -0.2) is 11.1 Å². The van der Waals surface area contributed by atoms with Gasteiger partial charge >= 0.3 is 0 Å². The second kappa shape index (κ2) is 8.51. The van der Waals surface area contributed by atoms with Gasteiger partial charge in [0, 0.05) is 5.56 Å². The van der Waals surface area contributed by atoms with Crippen LogP contribution in [0.15, 0.2) is 77.7 Å². The third kappa shape index (κ3) is 4.26. The van der Waals surface area contributed by atoms with Crippen LogP contribution >= 0.6 is 11.8 Å². The van der Waals surface area contributed by atoms with Crippen LogP contribution < -0.4 is 9.64 Å². The molecule has 0 bridgehead atoms. The summed E-state index contributed by atoms with van der Waals surface area (Å²) < 4.78 is 32.4. The smallest absolute Gasteiger partial charge is 0.271 e. The molecule has 0 saturated carbocycles. The number of nitrogens with one attached hydrogen (secondary N) is 1. The molecule has 1 heterocycles. The van der Waals surface area contributed by atoms with Crippen molar-refractivity contribution in [1.82, 2.24) is 0 Å². The summed E-state index contributed by atoms with van der Waals surface area (Å²) in [5.41, 5.74) is 1.67. The fourth-order valence-electron chi connectivity index (χ4n) is 2.90. The van der Waals surface area contributed by atoms with Crippen LogP contribution in [-0.2, 0) is 11.4 Å². The number of thioether (sulfide) groups is 1. The molecular weight excluding hydrogens is 406 g/mol. The molecule has 0 unspecified atom stereocenters. The predicted octanol–water partition coefficient (Wildman–Crippen LogP) is 5.60. The molecule has 0 aromatic heterocycles. The first-order valence-electron chi connectivity index (χ1n) is 9.05. The van der Waals surface area contributed by atoms with Crippen molar-refractivity contribution in [2.45, 2.75) is 6.61 Å². The third-order valence-corrected chi connectivity index (χ3v) is 5.33. The van der Waals surface area contributed by atoms with Gasteiger partial charge in [-0.3, -0.25) is 15.1 Å². The van der Waals surface area contributed by atoms with Gasteiger partial charge in [-0.25, -0.2) is 8.78 Å². The Morgan fingerprint density at radius 1 is 0.967 bits per heavy atom. The molecule has 0 aliphatic carbocycles. The van der Waals surface area contributed by atoms with Crippen molar-refractivity contribution in [3.63, 3.8) is 0 Å². The van der Waals surface area contributed by atoms with Gasteiger partial charge in [0.1, 0.15) is 24.0 Å². The van der Waals surface area contributed by atoms with Gasteiger partial charge in [-0.1, -0.05) is 30.3 Å². The van der Waals surface area contributed by atoms with Crippen molar-refractivity contribution < 1.29 is 18.3 Å². The average molecular weight is 422 g/mol. The van der Waals surface area contributed by atoms with Crippen LogP contribution in [0, 0.1) is 17.0 Å². The zero-order valence-corrected chi connectivity index (χ0v) is 16.5. The lowest BCUT2D eigenvalue weighted by Crippen LogP contribution is -2.28. The highest BCUT2D eigenvalue weighted by molar-refractivity contribution is 8.19. The molecule has 1 saturated heterocycles. The minimum atomic E-state index is -0.405. The van der Waals surface area contributed by atoms with E-state index in [1.54, 1.807) is 48.5 Å². The highest BCUT2D eigenvalue weighted by Crippen LogP contribution is 2.35. The maximum atomic E-state index is 13.7. The van der Waals surface area contributed by atoms with E-state index >= 15 is 0 Å². The fourth-order valence-corrected chi connectivity index (χ4v) is 3.76. The van der Waals surface area contributed by atoms with Gasteiger partial charge in [-0.15, -0.1) is 0 Å². The third-order valence-electron chi connectivity index (χ3n) is 4.44. The van der Waals surface area contributed by atoms with E-state index in [4.69, 9.17) is 10.1 Å². The second-order valence-electron chi connectivity index (χ2n) is 6.48. The summed E-state index contributed by atoms with van der Waals surface area (Å²) in [6.07, 6.45) is 1.69. The lowest BCUT2D eigenvalue weighted by Gasteiger charge is -2.13. The number of amidine groups is 1. The molecule has 30 heavy (non-hydrogen) atoms. The molecule has 1 aliphatic rings. The zero-order valence-electron chi connectivity index (χ0n) is 15.6. The van der Waals surface area contributed by atoms with Gasteiger partial charge in [-0.2, -0.15) is 0 Å². The first-order chi connectivity index (χ1) is 14.5. The molecule has 0 spiro atoms. The Hall–Kier alpha value is -3.45. The zero-order chi connectivity index (χ0) is 21.1. The number of carbonyl (C=O) groups is 1. The van der Waals surface area contributed by atoms with Crippen molar-refractivity contribution >= 4 is 34.6 Å². The standard InChI is InChI=1S/C23H16F2N2O2S/c24-17-7-9-18(10-8-17)27-22(28)21(30-23(27)26)13-15-5-11-19(12-6-15)29-14-16-3-1-2-4-20(16)25/h1-13,26H,14H2/b21-13-,26-23?. The highest BCUT2D eigenvalue weighted by Gasteiger charge is 2.33. The summed E-state index contributed by atoms with van der Waals surface area (Å²) in [6, 6.07) is 18.9. The monoisotopic (exact) mass is 422 g/mol. The van der Waals surface area contributed by atoms with Crippen LogP contribution in [0.25, 0.3) is 6.08 Å². The lowest BCUT2D eigenvalue weighted by molar-refractivity contribution is -0.113. The normalized spacial score (nSPS) is 15.1. The number of ether oxygens (including phenoxy) is 1. The van der Waals surface area contributed by atoms with E-state index in [-0.39, 0.29) is 23.5 Å². The highest BCUT2D eigenvalue weighted by atomic mass is 32.2. The van der Waals surface area contributed by atoms with Crippen LogP contribution in [0.2, 0.25) is 0 Å². The maximum Gasteiger partial charge on any atom is 0.271 e. The van der Waals surface area contributed by atoms with Crippen molar-refractivity contribution in [1.29, 1.82) is 5.41 Å². The van der Waals surface area contributed by atoms with Crippen molar-refractivity contribution in [2.75, 3.05) is 4.90 Å². The van der Waals surface area contributed by atoms with E-state index in [0.717, 1.165) is 17.3 Å². The van der Waals surface area contributed by atoms with E-state index in [2.05, 4.69) is 0 Å². The summed E-state index contributed by atoms with van der Waals surface area (Å²) in [4.78, 5) is 14.3. The Bertz CT molecular complexity index is 1130. The summed E-state index contributed by atoms with van der Waals surface area (Å²) in [5.74, 6) is -0.482. The number of nitrogens with zero attached hydrogens (tertiary/aromatic N) is 1. The largest absolute Gasteiger partial charge is 0.489 e. The molecular formula is C23H16F2N2O2S. The summed E-state index contributed by atoms with van der Waals surface area (Å²) in [7, 11) is 0. The maximum absolute atomic E-state index is 13.7. The van der Waals surface area contributed by atoms with E-state index in [1.165, 1.54) is 35.2 Å². The minimum absolute atomic E-state index is 0.0581. The Morgan fingerprint density at radius 3 is 2.37 bits per heavy atom. The average Bonchev–Trinajstić information content (AvgIpc) is 3.02. The van der Waals surface area contributed by atoms with Gasteiger partial charge in [-0.05, 0) is 65.9 Å². The molecule has 4 rings (SSSR count). The second-order valence-corrected chi connectivity index (χ2v) is 7.51. The molecule has 150 valence electrons. The molecule has 0 atom stereocenters. The van der Waals surface area contributed by atoms with Crippen molar-refractivity contribution in [2.24, 2.45) is 0 Å². The van der Waals surface area contributed by atoms with Crippen molar-refractivity contribution in [3.8, 4) is 5.75 Å². The number of benzene rings is 3. The van der Waals surface area contributed by atoms with Crippen LogP contribution in [0.4, 0.5) is 14.5 Å². The van der Waals surface area contributed by atoms with Gasteiger partial charge in [0.15, 0.2) is 5.17 Å². The van der Waals surface area contributed by atoms with Crippen LogP contribution in [0.3, 0.4) is 0 Å². The van der Waals surface area contributed by atoms with Crippen LogP contribution in [0.1, 0.15) is 11.1 Å². The summed E-state index contributed by atoms with van der Waals surface area (Å²) in [5, 5.41) is 8.15. The minimum Gasteiger partial charge on any atom is -0.489 e. The van der Waals surface area contributed by atoms with Gasteiger partial charge < -0.3 is 4.74 Å². The number of amides is 1. The SMILES string of the molecule is N=C1S/C(=C\c2ccc(OCc3ccccc3F)cc2)C(=O)N1c1ccc(F)cc1. The van der Waals surface area contributed by atoms with Crippen molar-refractivity contribution in [3.05, 3.63) is 100 Å². The molecule has 1 amide bonds. The van der Waals surface area contributed by atoms with E-state index < -0.39 is 5.82 Å². The number of carbonyl (C=O) groups excluding carboxylic acids is 1. The number of hydrogen-bond acceptors (Lipinski definition) is 4. The quantitative estimate of drug-likeness (QED) is 0.545. The number of halogens is 2. The molecule has 1 N–H and O–H groups in total. The fraction of sp³-hybridized carbons (Fsp3) is 0.0435. The topological polar surface area (TPSA) is 53.4 Å². The molecule has 1 aliphatic heterocycles. The molecule has 3 aromatic carbocycles. The molecule has 7 heteroatoms. The number of rotatable bonds is 5. The Labute approximate surface area is 176 Å². The van der Waals surface area contributed by atoms with E-state index in [9.17, 15) is 13.6 Å². The molecule has 0 radical (unpaired) electrons. The van der Waals surface area contributed by atoms with Gasteiger partial charge in [0.05, 0.1) is 10.6 Å². The Kier molecular flexibility index (Phi) is 5.63. The lowest BCUT2D eigenvalue weighted by atomic mass is 10.2. The summed E-state index contributed by atoms with van der Waals surface area (Å²) >= 11 is 1.04. The number of anilines is 1. The van der Waals surface area contributed by atoms with Crippen LogP contribution in [0.5, 0.6) is 5.75 Å². The first-order valence-corrected chi connectivity index (χ1v) is 9.87. The first kappa shape index (κ1) is 19.8. The van der Waals surface area contributed by atoms with Gasteiger partial charge in [0.25, 0.3) is 5.91 Å². The van der Waals surface area contributed by atoms with E-state index in [0.29, 0.717) is 21.9 Å². The predicted molar refractivity (Wildman–Crippen MR) is 114 cm³/mol. The molecule has 3 aromatic rings.